The van der Waals surface area contributed by atoms with Gasteiger partial charge in [-0.25, -0.2) is 12.7 Å². The van der Waals surface area contributed by atoms with Crippen molar-refractivity contribution in [3.8, 4) is 0 Å². The summed E-state index contributed by atoms with van der Waals surface area (Å²) in [5.74, 6) is -0.873. The molecule has 0 aromatic heterocycles. The van der Waals surface area contributed by atoms with Crippen LogP contribution in [0.2, 0.25) is 0 Å². The third-order valence-electron chi connectivity index (χ3n) is 3.91. The highest BCUT2D eigenvalue weighted by Crippen LogP contribution is 2.23. The van der Waals surface area contributed by atoms with Crippen LogP contribution in [0.5, 0.6) is 0 Å². The molecule has 1 aliphatic rings. The SMILES string of the molecule is O=C(O)CCS(=O)(=O)N1CCC(Cc2ccccc2)CC1. The van der Waals surface area contributed by atoms with Crippen molar-refractivity contribution in [2.24, 2.45) is 5.92 Å². The predicted molar refractivity (Wildman–Crippen MR) is 80.5 cm³/mol. The summed E-state index contributed by atoms with van der Waals surface area (Å²) in [5.41, 5.74) is 1.28. The fourth-order valence-corrected chi connectivity index (χ4v) is 4.14. The Morgan fingerprint density at radius 1 is 1.19 bits per heavy atom. The molecule has 1 N–H and O–H groups in total. The van der Waals surface area contributed by atoms with E-state index in [9.17, 15) is 13.2 Å². The molecule has 21 heavy (non-hydrogen) atoms. The molecule has 0 spiro atoms. The first-order valence-corrected chi connectivity index (χ1v) is 8.82. The van der Waals surface area contributed by atoms with Crippen LogP contribution in [0.1, 0.15) is 24.8 Å². The van der Waals surface area contributed by atoms with Crippen LogP contribution in [-0.4, -0.2) is 42.6 Å². The van der Waals surface area contributed by atoms with Gasteiger partial charge in [-0.15, -0.1) is 0 Å². The van der Waals surface area contributed by atoms with E-state index in [1.54, 1.807) is 0 Å². The molecule has 0 saturated carbocycles. The van der Waals surface area contributed by atoms with Crippen molar-refractivity contribution in [1.29, 1.82) is 0 Å². The zero-order valence-electron chi connectivity index (χ0n) is 11.9. The van der Waals surface area contributed by atoms with Crippen LogP contribution < -0.4 is 0 Å². The van der Waals surface area contributed by atoms with Crippen LogP contribution in [0.3, 0.4) is 0 Å². The Kier molecular flexibility index (Phi) is 5.36. The molecule has 1 saturated heterocycles. The fraction of sp³-hybridized carbons (Fsp3) is 0.533. The van der Waals surface area contributed by atoms with Gasteiger partial charge in [0.2, 0.25) is 10.0 Å². The second-order valence-corrected chi connectivity index (χ2v) is 7.58. The van der Waals surface area contributed by atoms with Crippen LogP contribution >= 0.6 is 0 Å². The van der Waals surface area contributed by atoms with Crippen molar-refractivity contribution in [3.63, 3.8) is 0 Å². The van der Waals surface area contributed by atoms with Crippen molar-refractivity contribution in [3.05, 3.63) is 35.9 Å². The van der Waals surface area contributed by atoms with Gasteiger partial charge in [0.05, 0.1) is 12.2 Å². The lowest BCUT2D eigenvalue weighted by molar-refractivity contribution is -0.136. The minimum atomic E-state index is -3.42. The molecule has 6 heteroatoms. The Balaban J connectivity index is 1.84. The van der Waals surface area contributed by atoms with E-state index in [0.29, 0.717) is 19.0 Å². The fourth-order valence-electron chi connectivity index (χ4n) is 2.68. The highest BCUT2D eigenvalue weighted by Gasteiger charge is 2.28. The molecule has 1 fully saturated rings. The second-order valence-electron chi connectivity index (χ2n) is 5.49. The number of piperidine rings is 1. The van der Waals surface area contributed by atoms with Crippen LogP contribution in [0.15, 0.2) is 30.3 Å². The van der Waals surface area contributed by atoms with Gasteiger partial charge in [0.1, 0.15) is 0 Å². The lowest BCUT2D eigenvalue weighted by atomic mass is 9.91. The molecule has 0 aliphatic carbocycles. The molecule has 1 heterocycles. The smallest absolute Gasteiger partial charge is 0.304 e. The summed E-state index contributed by atoms with van der Waals surface area (Å²) < 4.78 is 25.5. The molecule has 2 rings (SSSR count). The molecule has 1 aromatic rings. The number of hydrogen-bond acceptors (Lipinski definition) is 3. The molecule has 116 valence electrons. The first kappa shape index (κ1) is 16.0. The molecule has 5 nitrogen and oxygen atoms in total. The van der Waals surface area contributed by atoms with E-state index in [0.717, 1.165) is 19.3 Å². The van der Waals surface area contributed by atoms with Gasteiger partial charge in [-0.1, -0.05) is 30.3 Å². The van der Waals surface area contributed by atoms with E-state index in [4.69, 9.17) is 5.11 Å². The molecule has 0 amide bonds. The largest absolute Gasteiger partial charge is 0.481 e. The van der Waals surface area contributed by atoms with E-state index in [2.05, 4.69) is 12.1 Å². The predicted octanol–water partition coefficient (Wildman–Crippen LogP) is 1.75. The summed E-state index contributed by atoms with van der Waals surface area (Å²) >= 11 is 0. The quantitative estimate of drug-likeness (QED) is 0.868. The molecule has 1 aliphatic heterocycles. The number of benzene rings is 1. The van der Waals surface area contributed by atoms with Crippen molar-refractivity contribution < 1.29 is 18.3 Å². The van der Waals surface area contributed by atoms with Gasteiger partial charge in [-0.3, -0.25) is 4.79 Å². The maximum Gasteiger partial charge on any atom is 0.304 e. The van der Waals surface area contributed by atoms with E-state index >= 15 is 0 Å². The topological polar surface area (TPSA) is 74.7 Å². The van der Waals surface area contributed by atoms with Gasteiger partial charge in [0, 0.05) is 13.1 Å². The van der Waals surface area contributed by atoms with Gasteiger partial charge in [0.25, 0.3) is 0 Å². The summed E-state index contributed by atoms with van der Waals surface area (Å²) in [6.45, 7) is 0.999. The Labute approximate surface area is 125 Å². The minimum Gasteiger partial charge on any atom is -0.481 e. The number of aliphatic carboxylic acids is 1. The van der Waals surface area contributed by atoms with Crippen molar-refractivity contribution >= 4 is 16.0 Å². The molecule has 0 radical (unpaired) electrons. The van der Waals surface area contributed by atoms with Crippen LogP contribution in [0.25, 0.3) is 0 Å². The van der Waals surface area contributed by atoms with Crippen molar-refractivity contribution in [2.75, 3.05) is 18.8 Å². The third-order valence-corrected chi connectivity index (χ3v) is 5.78. The Bertz CT molecular complexity index is 563. The number of hydrogen-bond donors (Lipinski definition) is 1. The van der Waals surface area contributed by atoms with Crippen LogP contribution in [0, 0.1) is 5.92 Å². The van der Waals surface area contributed by atoms with Gasteiger partial charge in [-0.05, 0) is 30.7 Å². The summed E-state index contributed by atoms with van der Waals surface area (Å²) in [7, 11) is -3.42. The number of carbonyl (C=O) groups is 1. The molecule has 0 bridgehead atoms. The van der Waals surface area contributed by atoms with Gasteiger partial charge < -0.3 is 5.11 Å². The number of carboxylic acid groups (broad SMARTS) is 1. The summed E-state index contributed by atoms with van der Waals surface area (Å²) in [4.78, 5) is 10.5. The van der Waals surface area contributed by atoms with Crippen LogP contribution in [0.4, 0.5) is 0 Å². The molecule has 1 aromatic carbocycles. The number of nitrogens with zero attached hydrogens (tertiary/aromatic N) is 1. The first-order chi connectivity index (χ1) is 9.97. The zero-order chi connectivity index (χ0) is 15.3. The summed E-state index contributed by atoms with van der Waals surface area (Å²) in [6, 6.07) is 10.2. The maximum atomic E-state index is 12.0. The van der Waals surface area contributed by atoms with Crippen molar-refractivity contribution in [1.82, 2.24) is 4.31 Å². The summed E-state index contributed by atoms with van der Waals surface area (Å²) in [5, 5.41) is 8.60. The van der Waals surface area contributed by atoms with E-state index in [1.807, 2.05) is 18.2 Å². The Morgan fingerprint density at radius 3 is 2.38 bits per heavy atom. The first-order valence-electron chi connectivity index (χ1n) is 7.21. The van der Waals surface area contributed by atoms with Crippen LogP contribution in [-0.2, 0) is 21.2 Å². The number of sulfonamides is 1. The summed E-state index contributed by atoms with van der Waals surface area (Å²) in [6.07, 6.45) is 2.32. The average molecular weight is 311 g/mol. The molecule has 0 unspecified atom stereocenters. The number of carboxylic acids is 1. The standard InChI is InChI=1S/C15H21NO4S/c17-15(18)8-11-21(19,20)16-9-6-14(7-10-16)12-13-4-2-1-3-5-13/h1-5,14H,6-12H2,(H,17,18). The lowest BCUT2D eigenvalue weighted by Crippen LogP contribution is -2.40. The van der Waals surface area contributed by atoms with E-state index in [1.165, 1.54) is 9.87 Å². The minimum absolute atomic E-state index is 0.300. The Morgan fingerprint density at radius 2 is 1.81 bits per heavy atom. The monoisotopic (exact) mass is 311 g/mol. The van der Waals surface area contributed by atoms with Gasteiger partial charge in [0.15, 0.2) is 0 Å². The lowest BCUT2D eigenvalue weighted by Gasteiger charge is -2.31. The normalized spacial score (nSPS) is 17.7. The highest BCUT2D eigenvalue weighted by atomic mass is 32.2. The molecular formula is C15H21NO4S. The second kappa shape index (κ2) is 7.04. The van der Waals surface area contributed by atoms with Crippen molar-refractivity contribution in [2.45, 2.75) is 25.7 Å². The third kappa shape index (κ3) is 4.82. The average Bonchev–Trinajstić information content (AvgIpc) is 2.47. The zero-order valence-corrected chi connectivity index (χ0v) is 12.8. The van der Waals surface area contributed by atoms with Gasteiger partial charge >= 0.3 is 5.97 Å². The van der Waals surface area contributed by atoms with E-state index < -0.39 is 16.0 Å². The Hall–Kier alpha value is -1.40. The maximum absolute atomic E-state index is 12.0. The number of rotatable bonds is 6. The van der Waals surface area contributed by atoms with Gasteiger partial charge in [-0.2, -0.15) is 0 Å². The molecule has 0 atom stereocenters. The highest BCUT2D eigenvalue weighted by molar-refractivity contribution is 7.89. The van der Waals surface area contributed by atoms with E-state index in [-0.39, 0.29) is 12.2 Å². The molecular weight excluding hydrogens is 290 g/mol.